The Morgan fingerprint density at radius 3 is 2.67 bits per heavy atom. The second-order valence-corrected chi connectivity index (χ2v) is 5.75. The van der Waals surface area contributed by atoms with E-state index in [9.17, 15) is 4.79 Å². The highest BCUT2D eigenvalue weighted by Gasteiger charge is 2.08. The summed E-state index contributed by atoms with van der Waals surface area (Å²) in [4.78, 5) is 12.0. The van der Waals surface area contributed by atoms with Crippen molar-refractivity contribution >= 4 is 39.9 Å². The minimum Gasteiger partial charge on any atom is -0.495 e. The normalized spacial score (nSPS) is 10.0. The summed E-state index contributed by atoms with van der Waals surface area (Å²) >= 11 is 2.23. The molecule has 0 saturated heterocycles. The predicted molar refractivity (Wildman–Crippen MR) is 94.0 cm³/mol. The van der Waals surface area contributed by atoms with Crippen LogP contribution < -0.4 is 15.4 Å². The van der Waals surface area contributed by atoms with Crippen molar-refractivity contribution in [3.05, 3.63) is 51.6 Å². The molecule has 0 bridgehead atoms. The van der Waals surface area contributed by atoms with Gasteiger partial charge in [0.25, 0.3) is 0 Å². The van der Waals surface area contributed by atoms with Crippen molar-refractivity contribution in [2.45, 2.75) is 6.92 Å². The first-order valence-corrected chi connectivity index (χ1v) is 7.61. The van der Waals surface area contributed by atoms with E-state index in [1.165, 1.54) is 0 Å². The number of benzene rings is 2. The van der Waals surface area contributed by atoms with Crippen LogP contribution in [-0.2, 0) is 4.79 Å². The highest BCUT2D eigenvalue weighted by atomic mass is 127. The van der Waals surface area contributed by atoms with E-state index in [-0.39, 0.29) is 12.5 Å². The molecule has 0 heterocycles. The molecule has 0 aliphatic heterocycles. The number of carbonyl (C=O) groups is 1. The van der Waals surface area contributed by atoms with Crippen LogP contribution in [0.15, 0.2) is 42.5 Å². The minimum absolute atomic E-state index is 0.112. The standard InChI is InChI=1S/C16H17IN2O2/c1-11-7-8-15(21-2)14(9-11)19-16(20)10-18-13-6-4-3-5-12(13)17/h3-9,18H,10H2,1-2H3,(H,19,20). The van der Waals surface area contributed by atoms with Crippen molar-refractivity contribution < 1.29 is 9.53 Å². The van der Waals surface area contributed by atoms with Crippen LogP contribution in [0.25, 0.3) is 0 Å². The molecule has 0 unspecified atom stereocenters. The summed E-state index contributed by atoms with van der Waals surface area (Å²) in [6, 6.07) is 13.5. The largest absolute Gasteiger partial charge is 0.495 e. The van der Waals surface area contributed by atoms with Gasteiger partial charge in [0, 0.05) is 9.26 Å². The molecule has 0 aliphatic rings. The fourth-order valence-corrected chi connectivity index (χ4v) is 2.47. The number of hydrogen-bond acceptors (Lipinski definition) is 3. The zero-order chi connectivity index (χ0) is 15.2. The Bertz CT molecular complexity index is 644. The quantitative estimate of drug-likeness (QED) is 0.759. The van der Waals surface area contributed by atoms with Gasteiger partial charge in [-0.2, -0.15) is 0 Å². The summed E-state index contributed by atoms with van der Waals surface area (Å²) in [7, 11) is 1.59. The Labute approximate surface area is 138 Å². The fourth-order valence-electron chi connectivity index (χ4n) is 1.89. The van der Waals surface area contributed by atoms with Gasteiger partial charge in [0.1, 0.15) is 5.75 Å². The van der Waals surface area contributed by atoms with Gasteiger partial charge < -0.3 is 15.4 Å². The number of rotatable bonds is 5. The first kappa shape index (κ1) is 15.6. The van der Waals surface area contributed by atoms with Crippen LogP contribution >= 0.6 is 22.6 Å². The van der Waals surface area contributed by atoms with Crippen molar-refractivity contribution in [3.8, 4) is 5.75 Å². The van der Waals surface area contributed by atoms with Gasteiger partial charge in [0.2, 0.25) is 5.91 Å². The second-order valence-electron chi connectivity index (χ2n) is 4.59. The molecule has 2 aromatic carbocycles. The number of aryl methyl sites for hydroxylation is 1. The Balaban J connectivity index is 1.99. The van der Waals surface area contributed by atoms with Crippen LogP contribution in [0.3, 0.4) is 0 Å². The van der Waals surface area contributed by atoms with E-state index in [4.69, 9.17) is 4.74 Å². The Kier molecular flexibility index (Phi) is 5.44. The molecule has 1 amide bonds. The summed E-state index contributed by atoms with van der Waals surface area (Å²) in [5.74, 6) is 0.543. The molecule has 0 fully saturated rings. The van der Waals surface area contributed by atoms with Gasteiger partial charge in [-0.3, -0.25) is 4.79 Å². The van der Waals surface area contributed by atoms with Crippen LogP contribution in [-0.4, -0.2) is 19.6 Å². The third-order valence-electron chi connectivity index (χ3n) is 2.94. The monoisotopic (exact) mass is 396 g/mol. The smallest absolute Gasteiger partial charge is 0.243 e. The van der Waals surface area contributed by atoms with Crippen LogP contribution in [0.4, 0.5) is 11.4 Å². The van der Waals surface area contributed by atoms with Crippen molar-refractivity contribution in [1.29, 1.82) is 0 Å². The van der Waals surface area contributed by atoms with Crippen LogP contribution in [0.1, 0.15) is 5.56 Å². The zero-order valence-electron chi connectivity index (χ0n) is 11.9. The van der Waals surface area contributed by atoms with E-state index < -0.39 is 0 Å². The average molecular weight is 396 g/mol. The number of anilines is 2. The van der Waals surface area contributed by atoms with E-state index >= 15 is 0 Å². The Morgan fingerprint density at radius 2 is 1.95 bits per heavy atom. The lowest BCUT2D eigenvalue weighted by Gasteiger charge is -2.12. The van der Waals surface area contributed by atoms with Gasteiger partial charge in [-0.05, 0) is 59.3 Å². The van der Waals surface area contributed by atoms with Crippen molar-refractivity contribution in [1.82, 2.24) is 0 Å². The molecule has 2 rings (SSSR count). The zero-order valence-corrected chi connectivity index (χ0v) is 14.1. The number of hydrogen-bond donors (Lipinski definition) is 2. The molecule has 0 atom stereocenters. The molecule has 5 heteroatoms. The van der Waals surface area contributed by atoms with E-state index in [1.807, 2.05) is 49.4 Å². The van der Waals surface area contributed by atoms with Gasteiger partial charge >= 0.3 is 0 Å². The van der Waals surface area contributed by atoms with Gasteiger partial charge in [-0.15, -0.1) is 0 Å². The first-order valence-electron chi connectivity index (χ1n) is 6.53. The minimum atomic E-state index is -0.112. The predicted octanol–water partition coefficient (Wildman–Crippen LogP) is 3.66. The number of para-hydroxylation sites is 1. The van der Waals surface area contributed by atoms with Gasteiger partial charge in [0.15, 0.2) is 0 Å². The van der Waals surface area contributed by atoms with Crippen LogP contribution in [0.2, 0.25) is 0 Å². The Morgan fingerprint density at radius 1 is 1.19 bits per heavy atom. The topological polar surface area (TPSA) is 50.4 Å². The Hall–Kier alpha value is -1.76. The molecule has 21 heavy (non-hydrogen) atoms. The van der Waals surface area contributed by atoms with Crippen molar-refractivity contribution in [3.63, 3.8) is 0 Å². The molecule has 0 saturated carbocycles. The summed E-state index contributed by atoms with van der Waals surface area (Å²) in [5.41, 5.74) is 2.70. The molecule has 2 aromatic rings. The number of carbonyl (C=O) groups excluding carboxylic acids is 1. The summed E-state index contributed by atoms with van der Waals surface area (Å²) in [6.07, 6.45) is 0. The van der Waals surface area contributed by atoms with Gasteiger partial charge in [-0.1, -0.05) is 18.2 Å². The second kappa shape index (κ2) is 7.31. The van der Waals surface area contributed by atoms with E-state index in [0.29, 0.717) is 11.4 Å². The third-order valence-corrected chi connectivity index (χ3v) is 3.88. The number of methoxy groups -OCH3 is 1. The first-order chi connectivity index (χ1) is 10.1. The van der Waals surface area contributed by atoms with Crippen LogP contribution in [0, 0.1) is 10.5 Å². The molecule has 110 valence electrons. The molecule has 0 aromatic heterocycles. The van der Waals surface area contributed by atoms with Crippen molar-refractivity contribution in [2.24, 2.45) is 0 Å². The lowest BCUT2D eigenvalue weighted by molar-refractivity contribution is -0.114. The van der Waals surface area contributed by atoms with Gasteiger partial charge in [0.05, 0.1) is 19.3 Å². The lowest BCUT2D eigenvalue weighted by Crippen LogP contribution is -2.22. The molecule has 0 radical (unpaired) electrons. The maximum Gasteiger partial charge on any atom is 0.243 e. The van der Waals surface area contributed by atoms with Crippen molar-refractivity contribution in [2.75, 3.05) is 24.3 Å². The highest BCUT2D eigenvalue weighted by molar-refractivity contribution is 14.1. The molecule has 4 nitrogen and oxygen atoms in total. The number of amides is 1. The SMILES string of the molecule is COc1ccc(C)cc1NC(=O)CNc1ccccc1I. The molecular formula is C16H17IN2O2. The van der Waals surface area contributed by atoms with Crippen LogP contribution in [0.5, 0.6) is 5.75 Å². The molecule has 0 aliphatic carbocycles. The maximum atomic E-state index is 12.0. The average Bonchev–Trinajstić information content (AvgIpc) is 2.47. The lowest BCUT2D eigenvalue weighted by atomic mass is 10.2. The summed E-state index contributed by atoms with van der Waals surface area (Å²) < 4.78 is 6.33. The van der Waals surface area contributed by atoms with Gasteiger partial charge in [-0.25, -0.2) is 0 Å². The third kappa shape index (κ3) is 4.35. The fraction of sp³-hybridized carbons (Fsp3) is 0.188. The van der Waals surface area contributed by atoms with E-state index in [1.54, 1.807) is 7.11 Å². The number of ether oxygens (including phenoxy) is 1. The van der Waals surface area contributed by atoms with E-state index in [0.717, 1.165) is 14.8 Å². The summed E-state index contributed by atoms with van der Waals surface area (Å²) in [6.45, 7) is 2.18. The summed E-state index contributed by atoms with van der Waals surface area (Å²) in [5, 5.41) is 5.99. The number of halogens is 1. The maximum absolute atomic E-state index is 12.0. The highest BCUT2D eigenvalue weighted by Crippen LogP contribution is 2.25. The van der Waals surface area contributed by atoms with E-state index in [2.05, 4.69) is 33.2 Å². The molecule has 2 N–H and O–H groups in total. The molecular weight excluding hydrogens is 379 g/mol. The number of nitrogens with one attached hydrogen (secondary N) is 2. The molecule has 0 spiro atoms.